The number of thioether (sulfide) groups is 1. The minimum Gasteiger partial charge on any atom is -0.337 e. The average molecular weight is 427 g/mol. The van der Waals surface area contributed by atoms with E-state index in [9.17, 15) is 5.26 Å². The van der Waals surface area contributed by atoms with Gasteiger partial charge >= 0.3 is 0 Å². The molecule has 0 bridgehead atoms. The maximum atomic E-state index is 10.1. The molecule has 0 atom stereocenters. The Balaban J connectivity index is 1.68. The van der Waals surface area contributed by atoms with Crippen LogP contribution in [0.1, 0.15) is 11.4 Å². The number of nitrogens with zero attached hydrogens (tertiary/aromatic N) is 3. The number of aromatic nitrogens is 2. The predicted molar refractivity (Wildman–Crippen MR) is 125 cm³/mol. The maximum absolute atomic E-state index is 10.1. The van der Waals surface area contributed by atoms with Crippen molar-refractivity contribution in [3.05, 3.63) is 106 Å². The van der Waals surface area contributed by atoms with Gasteiger partial charge in [-0.2, -0.15) is 5.26 Å². The number of nitrogens with one attached hydrogen (secondary N) is 1. The summed E-state index contributed by atoms with van der Waals surface area (Å²) in [6, 6.07) is 27.9. The molecule has 6 heteroatoms. The molecule has 30 heavy (non-hydrogen) atoms. The molecule has 4 aromatic rings. The molecule has 0 saturated heterocycles. The number of fused-ring (bicyclic) bond motifs is 1. The lowest BCUT2D eigenvalue weighted by molar-refractivity contribution is 1.23. The number of rotatable bonds is 3. The Morgan fingerprint density at radius 2 is 1.70 bits per heavy atom. The van der Waals surface area contributed by atoms with E-state index in [1.807, 2.05) is 78.9 Å². The number of para-hydroxylation sites is 3. The van der Waals surface area contributed by atoms with Crippen LogP contribution in [0.2, 0.25) is 5.02 Å². The summed E-state index contributed by atoms with van der Waals surface area (Å²) in [5.41, 5.74) is 5.22. The molecular weight excluding hydrogens is 412 g/mol. The molecule has 0 unspecified atom stereocenters. The van der Waals surface area contributed by atoms with Gasteiger partial charge in [0.1, 0.15) is 16.7 Å². The van der Waals surface area contributed by atoms with Gasteiger partial charge in [-0.3, -0.25) is 0 Å². The first kappa shape index (κ1) is 18.6. The zero-order chi connectivity index (χ0) is 20.5. The highest BCUT2D eigenvalue weighted by atomic mass is 35.5. The van der Waals surface area contributed by atoms with E-state index in [0.29, 0.717) is 16.4 Å². The number of hydrogen-bond acceptors (Lipinski definition) is 4. The minimum atomic E-state index is 0.500. The zero-order valence-electron chi connectivity index (χ0n) is 15.7. The van der Waals surface area contributed by atoms with Gasteiger partial charge in [-0.1, -0.05) is 65.8 Å². The summed E-state index contributed by atoms with van der Waals surface area (Å²) >= 11 is 7.61. The van der Waals surface area contributed by atoms with Crippen molar-refractivity contribution in [2.45, 2.75) is 0 Å². The minimum absolute atomic E-state index is 0.500. The highest BCUT2D eigenvalue weighted by molar-refractivity contribution is 8.06. The second-order valence-electron chi connectivity index (χ2n) is 6.69. The molecule has 3 aromatic carbocycles. The van der Waals surface area contributed by atoms with Crippen LogP contribution < -0.4 is 4.90 Å². The molecule has 2 heterocycles. The van der Waals surface area contributed by atoms with Crippen LogP contribution in [0.15, 0.2) is 89.3 Å². The maximum Gasteiger partial charge on any atom is 0.151 e. The number of aromatic amines is 1. The summed E-state index contributed by atoms with van der Waals surface area (Å²) in [5.74, 6) is 0.563. The number of hydrogen-bond donors (Lipinski definition) is 1. The molecule has 1 N–H and O–H groups in total. The van der Waals surface area contributed by atoms with Crippen LogP contribution in [-0.4, -0.2) is 9.97 Å². The summed E-state index contributed by atoms with van der Waals surface area (Å²) in [7, 11) is 0. The van der Waals surface area contributed by atoms with Crippen molar-refractivity contribution in [1.29, 1.82) is 5.26 Å². The number of halogens is 1. The quantitative estimate of drug-likeness (QED) is 0.372. The Hall–Kier alpha value is -3.46. The fourth-order valence-electron chi connectivity index (χ4n) is 3.42. The van der Waals surface area contributed by atoms with Crippen molar-refractivity contribution in [1.82, 2.24) is 9.97 Å². The van der Waals surface area contributed by atoms with Crippen molar-refractivity contribution in [2.75, 3.05) is 4.90 Å². The lowest BCUT2D eigenvalue weighted by atomic mass is 10.1. The third kappa shape index (κ3) is 3.26. The Kier molecular flexibility index (Phi) is 4.80. The standard InChI is InChI=1S/C24H15ClN4S/c25-17-12-10-16(11-13-17)22-15-30-24(29(22)18-6-2-1-3-7-18)19(14-26)23-27-20-8-4-5-9-21(20)28-23/h1-13,15H,(H,27,28)/b24-19-. The Morgan fingerprint density at radius 1 is 0.967 bits per heavy atom. The van der Waals surface area contributed by atoms with Gasteiger partial charge in [0.2, 0.25) is 0 Å². The zero-order valence-corrected chi connectivity index (χ0v) is 17.3. The van der Waals surface area contributed by atoms with Crippen LogP contribution in [-0.2, 0) is 0 Å². The van der Waals surface area contributed by atoms with Gasteiger partial charge in [-0.25, -0.2) is 4.98 Å². The van der Waals surface area contributed by atoms with Crippen LogP contribution in [0.25, 0.3) is 22.3 Å². The molecule has 1 aliphatic heterocycles. The first-order valence-corrected chi connectivity index (χ1v) is 10.6. The second-order valence-corrected chi connectivity index (χ2v) is 7.99. The molecule has 0 fully saturated rings. The highest BCUT2D eigenvalue weighted by Gasteiger charge is 2.29. The van der Waals surface area contributed by atoms with Gasteiger partial charge in [0.05, 0.1) is 16.7 Å². The number of benzene rings is 3. The van der Waals surface area contributed by atoms with Gasteiger partial charge in [-0.05, 0) is 42.0 Å². The van der Waals surface area contributed by atoms with E-state index in [1.54, 1.807) is 0 Å². The molecule has 144 valence electrons. The number of allylic oxidation sites excluding steroid dienone is 1. The fraction of sp³-hybridized carbons (Fsp3) is 0. The summed E-state index contributed by atoms with van der Waals surface area (Å²) < 4.78 is 0. The Labute approximate surface area is 183 Å². The average Bonchev–Trinajstić information content (AvgIpc) is 3.40. The van der Waals surface area contributed by atoms with Crippen molar-refractivity contribution in [3.63, 3.8) is 0 Å². The van der Waals surface area contributed by atoms with Crippen molar-refractivity contribution in [3.8, 4) is 6.07 Å². The topological polar surface area (TPSA) is 55.7 Å². The van der Waals surface area contributed by atoms with E-state index in [1.165, 1.54) is 11.8 Å². The van der Waals surface area contributed by atoms with Gasteiger partial charge in [0, 0.05) is 16.1 Å². The number of imidazole rings is 1. The van der Waals surface area contributed by atoms with Gasteiger partial charge < -0.3 is 9.88 Å². The van der Waals surface area contributed by atoms with E-state index in [-0.39, 0.29) is 0 Å². The summed E-state index contributed by atoms with van der Waals surface area (Å²) in [4.78, 5) is 10.0. The normalized spacial score (nSPS) is 15.2. The third-order valence-electron chi connectivity index (χ3n) is 4.83. The summed E-state index contributed by atoms with van der Waals surface area (Å²) in [6.07, 6.45) is 0. The molecule has 0 saturated carbocycles. The summed E-state index contributed by atoms with van der Waals surface area (Å²) in [5, 5.41) is 13.6. The van der Waals surface area contributed by atoms with E-state index in [4.69, 9.17) is 11.6 Å². The number of H-pyrrole nitrogens is 1. The highest BCUT2D eigenvalue weighted by Crippen LogP contribution is 2.45. The molecular formula is C24H15ClN4S. The Morgan fingerprint density at radius 3 is 2.43 bits per heavy atom. The largest absolute Gasteiger partial charge is 0.337 e. The second kappa shape index (κ2) is 7.75. The summed E-state index contributed by atoms with van der Waals surface area (Å²) in [6.45, 7) is 0. The lowest BCUT2D eigenvalue weighted by Gasteiger charge is -2.24. The first-order valence-electron chi connectivity index (χ1n) is 9.32. The van der Waals surface area contributed by atoms with Crippen molar-refractivity contribution >= 4 is 51.4 Å². The van der Waals surface area contributed by atoms with Crippen LogP contribution in [0, 0.1) is 11.3 Å². The first-order chi connectivity index (χ1) is 14.7. The van der Waals surface area contributed by atoms with Crippen LogP contribution in [0.5, 0.6) is 0 Å². The van der Waals surface area contributed by atoms with Crippen LogP contribution in [0.4, 0.5) is 5.69 Å². The van der Waals surface area contributed by atoms with Gasteiger partial charge in [0.25, 0.3) is 0 Å². The number of anilines is 1. The van der Waals surface area contributed by atoms with E-state index in [0.717, 1.165) is 33.0 Å². The molecule has 1 aromatic heterocycles. The molecule has 0 aliphatic carbocycles. The number of nitriles is 1. The van der Waals surface area contributed by atoms with Crippen molar-refractivity contribution < 1.29 is 0 Å². The monoisotopic (exact) mass is 426 g/mol. The fourth-order valence-corrected chi connectivity index (χ4v) is 4.58. The predicted octanol–water partition coefficient (Wildman–Crippen LogP) is 6.66. The van der Waals surface area contributed by atoms with Crippen LogP contribution in [0.3, 0.4) is 0 Å². The molecule has 4 nitrogen and oxygen atoms in total. The smallest absolute Gasteiger partial charge is 0.151 e. The molecule has 1 aliphatic rings. The van der Waals surface area contributed by atoms with Crippen molar-refractivity contribution in [2.24, 2.45) is 0 Å². The van der Waals surface area contributed by atoms with Crippen LogP contribution >= 0.6 is 23.4 Å². The lowest BCUT2D eigenvalue weighted by Crippen LogP contribution is -2.17. The van der Waals surface area contributed by atoms with Gasteiger partial charge in [0.15, 0.2) is 5.82 Å². The van der Waals surface area contributed by atoms with E-state index >= 15 is 0 Å². The van der Waals surface area contributed by atoms with Gasteiger partial charge in [-0.15, -0.1) is 0 Å². The molecule has 0 amide bonds. The van der Waals surface area contributed by atoms with E-state index in [2.05, 4.69) is 26.3 Å². The molecule has 5 rings (SSSR count). The molecule has 0 radical (unpaired) electrons. The third-order valence-corrected chi connectivity index (χ3v) is 6.04. The Bertz CT molecular complexity index is 1300. The SMILES string of the molecule is N#C/C(=C1/SC=C(c2ccc(Cl)cc2)N1c1ccccc1)c1nc2ccccc2[nH]1. The molecule has 0 spiro atoms. The van der Waals surface area contributed by atoms with E-state index < -0.39 is 0 Å².